The van der Waals surface area contributed by atoms with Crippen molar-refractivity contribution in [2.75, 3.05) is 11.4 Å². The Morgan fingerprint density at radius 2 is 2.11 bits per heavy atom. The topological polar surface area (TPSA) is 36.4 Å². The van der Waals surface area contributed by atoms with Crippen molar-refractivity contribution in [3.63, 3.8) is 0 Å². The molecule has 0 saturated heterocycles. The van der Waals surface area contributed by atoms with Crippen LogP contribution in [0.4, 0.5) is 5.69 Å². The van der Waals surface area contributed by atoms with Crippen LogP contribution in [-0.4, -0.2) is 22.7 Å². The number of hydrogen-bond donors (Lipinski definition) is 1. The quantitative estimate of drug-likeness (QED) is 0.870. The molecule has 0 aromatic carbocycles. The summed E-state index contributed by atoms with van der Waals surface area (Å²) < 4.78 is 0. The number of aliphatic hydroxyl groups is 1. The first kappa shape index (κ1) is 13.3. The van der Waals surface area contributed by atoms with Crippen LogP contribution < -0.4 is 4.90 Å². The van der Waals surface area contributed by atoms with E-state index in [1.54, 1.807) is 6.20 Å². The zero-order valence-electron chi connectivity index (χ0n) is 11.5. The van der Waals surface area contributed by atoms with Crippen LogP contribution in [0.5, 0.6) is 0 Å². The van der Waals surface area contributed by atoms with Crippen LogP contribution in [0.2, 0.25) is 0 Å². The fraction of sp³-hybridized carbons (Fsp3) is 0.667. The highest BCUT2D eigenvalue weighted by Crippen LogP contribution is 2.30. The summed E-state index contributed by atoms with van der Waals surface area (Å²) in [6.07, 6.45) is 8.87. The van der Waals surface area contributed by atoms with Crippen LogP contribution in [-0.2, 0) is 6.61 Å². The lowest BCUT2D eigenvalue weighted by Gasteiger charge is -2.33. The first-order valence-electron chi connectivity index (χ1n) is 7.02. The summed E-state index contributed by atoms with van der Waals surface area (Å²) in [5, 5.41) is 9.49. The van der Waals surface area contributed by atoms with Gasteiger partial charge in [-0.05, 0) is 24.8 Å². The lowest BCUT2D eigenvalue weighted by Crippen LogP contribution is -2.37. The molecule has 1 saturated carbocycles. The highest BCUT2D eigenvalue weighted by atomic mass is 16.3. The Morgan fingerprint density at radius 3 is 2.72 bits per heavy atom. The Bertz CT molecular complexity index is 373. The lowest BCUT2D eigenvalue weighted by atomic mass is 10.1. The molecule has 18 heavy (non-hydrogen) atoms. The maximum absolute atomic E-state index is 9.49. The van der Waals surface area contributed by atoms with E-state index in [9.17, 15) is 5.11 Å². The minimum Gasteiger partial charge on any atom is -0.392 e. The maximum Gasteiger partial charge on any atom is 0.0703 e. The van der Waals surface area contributed by atoms with Gasteiger partial charge in [0.2, 0.25) is 0 Å². The van der Waals surface area contributed by atoms with Gasteiger partial charge in [0.15, 0.2) is 0 Å². The average Bonchev–Trinajstić information content (AvgIpc) is 2.89. The van der Waals surface area contributed by atoms with Crippen LogP contribution >= 0.6 is 0 Å². The molecule has 100 valence electrons. The Labute approximate surface area is 110 Å². The van der Waals surface area contributed by atoms with E-state index < -0.39 is 0 Å². The Hall–Kier alpha value is -1.09. The van der Waals surface area contributed by atoms with Gasteiger partial charge in [0, 0.05) is 24.3 Å². The Kier molecular flexibility index (Phi) is 4.59. The van der Waals surface area contributed by atoms with Crippen molar-refractivity contribution in [3.8, 4) is 0 Å². The monoisotopic (exact) mass is 248 g/mol. The number of aromatic nitrogens is 1. The second kappa shape index (κ2) is 6.19. The van der Waals surface area contributed by atoms with Gasteiger partial charge in [-0.3, -0.25) is 4.98 Å². The van der Waals surface area contributed by atoms with Gasteiger partial charge in [-0.2, -0.15) is 0 Å². The molecule has 0 spiro atoms. The highest BCUT2D eigenvalue weighted by Gasteiger charge is 2.24. The van der Waals surface area contributed by atoms with Gasteiger partial charge in [-0.1, -0.05) is 26.7 Å². The summed E-state index contributed by atoms with van der Waals surface area (Å²) in [4.78, 5) is 6.71. The zero-order valence-corrected chi connectivity index (χ0v) is 11.5. The van der Waals surface area contributed by atoms with Gasteiger partial charge in [-0.25, -0.2) is 0 Å². The van der Waals surface area contributed by atoms with Crippen LogP contribution in [0.25, 0.3) is 0 Å². The maximum atomic E-state index is 9.49. The summed E-state index contributed by atoms with van der Waals surface area (Å²) >= 11 is 0. The molecular formula is C15H24N2O. The fourth-order valence-corrected chi connectivity index (χ4v) is 2.86. The summed E-state index contributed by atoms with van der Waals surface area (Å²) in [5.74, 6) is 0.623. The third kappa shape index (κ3) is 3.02. The van der Waals surface area contributed by atoms with Crippen molar-refractivity contribution in [2.45, 2.75) is 52.2 Å². The van der Waals surface area contributed by atoms with E-state index in [1.165, 1.54) is 25.7 Å². The lowest BCUT2D eigenvalue weighted by molar-refractivity contribution is 0.281. The number of aliphatic hydroxyl groups excluding tert-OH is 1. The minimum atomic E-state index is 0.0964. The van der Waals surface area contributed by atoms with Gasteiger partial charge in [0.05, 0.1) is 18.5 Å². The molecule has 3 nitrogen and oxygen atoms in total. The molecule has 0 aliphatic heterocycles. The van der Waals surface area contributed by atoms with Crippen molar-refractivity contribution in [1.82, 2.24) is 4.98 Å². The largest absolute Gasteiger partial charge is 0.392 e. The predicted octanol–water partition coefficient (Wildman–Crippen LogP) is 2.98. The number of anilines is 1. The number of nitrogens with zero attached hydrogens (tertiary/aromatic N) is 2. The van der Waals surface area contributed by atoms with Crippen molar-refractivity contribution in [3.05, 3.63) is 24.0 Å². The molecule has 1 aromatic rings. The van der Waals surface area contributed by atoms with Crippen molar-refractivity contribution in [1.29, 1.82) is 0 Å². The van der Waals surface area contributed by atoms with Crippen molar-refractivity contribution < 1.29 is 5.11 Å². The third-order valence-corrected chi connectivity index (χ3v) is 3.69. The van der Waals surface area contributed by atoms with E-state index >= 15 is 0 Å². The molecule has 0 amide bonds. The molecule has 0 atom stereocenters. The molecule has 1 aliphatic carbocycles. The van der Waals surface area contributed by atoms with Gasteiger partial charge in [0.25, 0.3) is 0 Å². The van der Waals surface area contributed by atoms with Crippen LogP contribution in [0, 0.1) is 5.92 Å². The van der Waals surface area contributed by atoms with E-state index in [2.05, 4.69) is 23.7 Å². The standard InChI is InChI=1S/C15H24N2O/c1-12(2)10-17(14-5-3-4-6-14)15-9-16-8-7-13(15)11-18/h7-9,12,14,18H,3-6,10-11H2,1-2H3. The highest BCUT2D eigenvalue weighted by molar-refractivity contribution is 5.52. The van der Waals surface area contributed by atoms with E-state index in [0.29, 0.717) is 12.0 Å². The van der Waals surface area contributed by atoms with Gasteiger partial charge in [0.1, 0.15) is 0 Å². The fourth-order valence-electron chi connectivity index (χ4n) is 2.86. The molecule has 0 radical (unpaired) electrons. The Balaban J connectivity index is 2.26. The van der Waals surface area contributed by atoms with E-state index in [1.807, 2.05) is 12.3 Å². The van der Waals surface area contributed by atoms with Gasteiger partial charge >= 0.3 is 0 Å². The van der Waals surface area contributed by atoms with E-state index in [-0.39, 0.29) is 6.61 Å². The summed E-state index contributed by atoms with van der Waals surface area (Å²) in [6, 6.07) is 2.55. The molecule has 1 aromatic heterocycles. The molecule has 0 bridgehead atoms. The van der Waals surface area contributed by atoms with Gasteiger partial charge < -0.3 is 10.0 Å². The van der Waals surface area contributed by atoms with Crippen molar-refractivity contribution >= 4 is 5.69 Å². The summed E-state index contributed by atoms with van der Waals surface area (Å²) in [7, 11) is 0. The molecule has 2 rings (SSSR count). The molecule has 1 heterocycles. The van der Waals surface area contributed by atoms with E-state index in [4.69, 9.17) is 0 Å². The molecule has 1 aliphatic rings. The first-order chi connectivity index (χ1) is 8.72. The third-order valence-electron chi connectivity index (χ3n) is 3.69. The zero-order chi connectivity index (χ0) is 13.0. The summed E-state index contributed by atoms with van der Waals surface area (Å²) in [5.41, 5.74) is 2.12. The average molecular weight is 248 g/mol. The van der Waals surface area contributed by atoms with E-state index in [0.717, 1.165) is 17.8 Å². The molecule has 1 N–H and O–H groups in total. The number of rotatable bonds is 5. The molecule has 3 heteroatoms. The normalized spacial score (nSPS) is 16.4. The van der Waals surface area contributed by atoms with Crippen LogP contribution in [0.15, 0.2) is 18.5 Å². The second-order valence-corrected chi connectivity index (χ2v) is 5.65. The Morgan fingerprint density at radius 1 is 1.39 bits per heavy atom. The SMILES string of the molecule is CC(C)CN(c1cnccc1CO)C1CCCC1. The number of hydrogen-bond acceptors (Lipinski definition) is 3. The minimum absolute atomic E-state index is 0.0964. The number of pyridine rings is 1. The van der Waals surface area contributed by atoms with Gasteiger partial charge in [-0.15, -0.1) is 0 Å². The first-order valence-corrected chi connectivity index (χ1v) is 7.02. The van der Waals surface area contributed by atoms with Crippen LogP contribution in [0.1, 0.15) is 45.1 Å². The molecule has 1 fully saturated rings. The smallest absolute Gasteiger partial charge is 0.0703 e. The predicted molar refractivity (Wildman–Crippen MR) is 74.6 cm³/mol. The van der Waals surface area contributed by atoms with Crippen LogP contribution in [0.3, 0.4) is 0 Å². The molecular weight excluding hydrogens is 224 g/mol. The second-order valence-electron chi connectivity index (χ2n) is 5.65. The molecule has 0 unspecified atom stereocenters. The summed E-state index contributed by atoms with van der Waals surface area (Å²) in [6.45, 7) is 5.64. The van der Waals surface area contributed by atoms with Crippen molar-refractivity contribution in [2.24, 2.45) is 5.92 Å².